The fraction of sp³-hybridized carbons (Fsp3) is 0.0769. The average molecular weight is 499 g/mol. The standard InChI is InChI=1S/C39H30/c1-4-17-32(18-5-1)39(33-19-6-2-7-20-33,34-21-8-3-9-22-34)28-29-26-31-16-13-25-37(38(31)27-29)36-24-12-15-30-14-10-11-23-35(30)36/h1-25,27H,26,28H2. The number of benzene rings is 6. The van der Waals surface area contributed by atoms with Gasteiger partial charge < -0.3 is 0 Å². The SMILES string of the molecule is C1=C(CC(c2ccccc2)(c2ccccc2)c2ccccc2)Cc2cccc(-c3cccc4ccccc34)c21. The molecule has 7 rings (SSSR count). The molecule has 6 aromatic carbocycles. The lowest BCUT2D eigenvalue weighted by Crippen LogP contribution is -2.30. The molecule has 0 aromatic heterocycles. The zero-order chi connectivity index (χ0) is 26.1. The maximum absolute atomic E-state index is 2.48. The van der Waals surface area contributed by atoms with Crippen molar-refractivity contribution in [1.29, 1.82) is 0 Å². The van der Waals surface area contributed by atoms with Gasteiger partial charge in [0, 0.05) is 5.41 Å². The molecule has 0 spiro atoms. The number of allylic oxidation sites excluding steroid dienone is 1. The average Bonchev–Trinajstić information content (AvgIpc) is 3.44. The van der Waals surface area contributed by atoms with Crippen LogP contribution in [0.2, 0.25) is 0 Å². The molecule has 0 bridgehead atoms. The molecule has 0 heterocycles. The Hall–Kier alpha value is -4.68. The van der Waals surface area contributed by atoms with Gasteiger partial charge >= 0.3 is 0 Å². The summed E-state index contributed by atoms with van der Waals surface area (Å²) in [6, 6.07) is 55.4. The third-order valence-electron chi connectivity index (χ3n) is 8.33. The van der Waals surface area contributed by atoms with E-state index in [4.69, 9.17) is 0 Å². The first-order valence-electron chi connectivity index (χ1n) is 13.8. The van der Waals surface area contributed by atoms with E-state index in [1.165, 1.54) is 55.3 Å². The molecule has 0 amide bonds. The Kier molecular flexibility index (Phi) is 5.94. The second kappa shape index (κ2) is 9.89. The predicted molar refractivity (Wildman–Crippen MR) is 165 cm³/mol. The van der Waals surface area contributed by atoms with Gasteiger partial charge in [0.1, 0.15) is 0 Å². The van der Waals surface area contributed by atoms with Gasteiger partial charge in [-0.1, -0.05) is 163 Å². The van der Waals surface area contributed by atoms with Gasteiger partial charge in [0.15, 0.2) is 0 Å². The topological polar surface area (TPSA) is 0 Å². The van der Waals surface area contributed by atoms with Crippen LogP contribution in [-0.2, 0) is 11.8 Å². The van der Waals surface area contributed by atoms with Gasteiger partial charge in [-0.2, -0.15) is 0 Å². The zero-order valence-electron chi connectivity index (χ0n) is 21.9. The van der Waals surface area contributed by atoms with Crippen molar-refractivity contribution in [2.75, 3.05) is 0 Å². The van der Waals surface area contributed by atoms with E-state index in [2.05, 4.69) is 158 Å². The van der Waals surface area contributed by atoms with E-state index in [9.17, 15) is 0 Å². The molecular formula is C39H30. The molecule has 39 heavy (non-hydrogen) atoms. The van der Waals surface area contributed by atoms with Crippen molar-refractivity contribution in [3.05, 3.63) is 185 Å². The largest absolute Gasteiger partial charge is 0.0636 e. The van der Waals surface area contributed by atoms with Crippen LogP contribution in [0.3, 0.4) is 0 Å². The molecule has 6 aromatic rings. The molecule has 0 N–H and O–H groups in total. The summed E-state index contributed by atoms with van der Waals surface area (Å²) in [6.45, 7) is 0. The van der Waals surface area contributed by atoms with Crippen LogP contribution in [0.25, 0.3) is 28.0 Å². The summed E-state index contributed by atoms with van der Waals surface area (Å²) in [5.41, 5.74) is 10.6. The molecule has 0 saturated heterocycles. The lowest BCUT2D eigenvalue weighted by atomic mass is 9.66. The van der Waals surface area contributed by atoms with E-state index in [1.54, 1.807) is 0 Å². The molecular weight excluding hydrogens is 468 g/mol. The second-order valence-electron chi connectivity index (χ2n) is 10.6. The highest BCUT2D eigenvalue weighted by Gasteiger charge is 2.37. The Balaban J connectivity index is 1.40. The van der Waals surface area contributed by atoms with Crippen LogP contribution in [-0.4, -0.2) is 0 Å². The van der Waals surface area contributed by atoms with Crippen LogP contribution in [0.1, 0.15) is 34.2 Å². The van der Waals surface area contributed by atoms with Crippen LogP contribution >= 0.6 is 0 Å². The maximum atomic E-state index is 2.48. The summed E-state index contributed by atoms with van der Waals surface area (Å²) in [7, 11) is 0. The van der Waals surface area contributed by atoms with Crippen molar-refractivity contribution in [3.8, 4) is 11.1 Å². The lowest BCUT2D eigenvalue weighted by molar-refractivity contribution is 0.605. The quantitative estimate of drug-likeness (QED) is 0.200. The van der Waals surface area contributed by atoms with Gasteiger partial charge in [0.25, 0.3) is 0 Å². The molecule has 0 radical (unpaired) electrons. The van der Waals surface area contributed by atoms with E-state index < -0.39 is 0 Å². The molecule has 0 heteroatoms. The summed E-state index contributed by atoms with van der Waals surface area (Å²) < 4.78 is 0. The highest BCUT2D eigenvalue weighted by Crippen LogP contribution is 2.47. The number of fused-ring (bicyclic) bond motifs is 2. The third-order valence-corrected chi connectivity index (χ3v) is 8.33. The third kappa shape index (κ3) is 4.10. The first kappa shape index (κ1) is 23.4. The molecule has 1 aliphatic carbocycles. The number of rotatable bonds is 6. The minimum Gasteiger partial charge on any atom is -0.0636 e. The van der Waals surface area contributed by atoms with Crippen LogP contribution in [0.4, 0.5) is 0 Å². The van der Waals surface area contributed by atoms with Crippen molar-refractivity contribution in [3.63, 3.8) is 0 Å². The van der Waals surface area contributed by atoms with Crippen molar-refractivity contribution >= 4 is 16.8 Å². The normalized spacial score (nSPS) is 12.8. The van der Waals surface area contributed by atoms with Crippen molar-refractivity contribution < 1.29 is 0 Å². The van der Waals surface area contributed by atoms with E-state index in [0.29, 0.717) is 0 Å². The molecule has 0 unspecified atom stereocenters. The van der Waals surface area contributed by atoms with Crippen LogP contribution in [0.5, 0.6) is 0 Å². The van der Waals surface area contributed by atoms with Gasteiger partial charge in [-0.15, -0.1) is 0 Å². The molecule has 186 valence electrons. The summed E-state index contributed by atoms with van der Waals surface area (Å²) in [4.78, 5) is 0. The minimum absolute atomic E-state index is 0.280. The zero-order valence-corrected chi connectivity index (χ0v) is 21.9. The summed E-state index contributed by atoms with van der Waals surface area (Å²) >= 11 is 0. The summed E-state index contributed by atoms with van der Waals surface area (Å²) in [6.07, 6.45) is 4.38. The summed E-state index contributed by atoms with van der Waals surface area (Å²) in [5.74, 6) is 0. The Bertz CT molecular complexity index is 1670. The Morgan fingerprint density at radius 3 is 1.62 bits per heavy atom. The van der Waals surface area contributed by atoms with E-state index in [-0.39, 0.29) is 5.41 Å². The van der Waals surface area contributed by atoms with Gasteiger partial charge in [-0.3, -0.25) is 0 Å². The molecule has 0 aliphatic heterocycles. The van der Waals surface area contributed by atoms with Crippen LogP contribution in [0, 0.1) is 0 Å². The van der Waals surface area contributed by atoms with Crippen molar-refractivity contribution in [2.24, 2.45) is 0 Å². The highest BCUT2D eigenvalue weighted by atomic mass is 14.4. The molecule has 1 aliphatic rings. The summed E-state index contributed by atoms with van der Waals surface area (Å²) in [5, 5.41) is 2.59. The van der Waals surface area contributed by atoms with E-state index in [0.717, 1.165) is 12.8 Å². The second-order valence-corrected chi connectivity index (χ2v) is 10.6. The molecule has 0 saturated carbocycles. The molecule has 0 atom stereocenters. The van der Waals surface area contributed by atoms with Crippen molar-refractivity contribution in [2.45, 2.75) is 18.3 Å². The first-order chi connectivity index (χ1) is 19.3. The fourth-order valence-electron chi connectivity index (χ4n) is 6.56. The Labute approximate surface area is 230 Å². The smallest absolute Gasteiger partial charge is 0.0488 e. The van der Waals surface area contributed by atoms with Gasteiger partial charge in [-0.05, 0) is 62.6 Å². The number of hydrogen-bond donors (Lipinski definition) is 0. The fourth-order valence-corrected chi connectivity index (χ4v) is 6.56. The van der Waals surface area contributed by atoms with E-state index in [1.807, 2.05) is 0 Å². The van der Waals surface area contributed by atoms with Crippen LogP contribution < -0.4 is 0 Å². The maximum Gasteiger partial charge on any atom is 0.0488 e. The van der Waals surface area contributed by atoms with E-state index >= 15 is 0 Å². The minimum atomic E-state index is -0.280. The predicted octanol–water partition coefficient (Wildman–Crippen LogP) is 9.87. The lowest BCUT2D eigenvalue weighted by Gasteiger charge is -2.37. The van der Waals surface area contributed by atoms with Crippen LogP contribution in [0.15, 0.2) is 157 Å². The Morgan fingerprint density at radius 2 is 0.974 bits per heavy atom. The van der Waals surface area contributed by atoms with Gasteiger partial charge in [-0.25, -0.2) is 0 Å². The van der Waals surface area contributed by atoms with Gasteiger partial charge in [0.2, 0.25) is 0 Å². The monoisotopic (exact) mass is 498 g/mol. The first-order valence-corrected chi connectivity index (χ1v) is 13.8. The molecule has 0 nitrogen and oxygen atoms in total. The Morgan fingerprint density at radius 1 is 0.462 bits per heavy atom. The number of hydrogen-bond acceptors (Lipinski definition) is 0. The molecule has 0 fully saturated rings. The highest BCUT2D eigenvalue weighted by molar-refractivity contribution is 5.99. The van der Waals surface area contributed by atoms with Gasteiger partial charge in [0.05, 0.1) is 0 Å². The van der Waals surface area contributed by atoms with Crippen molar-refractivity contribution in [1.82, 2.24) is 0 Å².